The third-order valence-corrected chi connectivity index (χ3v) is 6.54. The molecule has 7 heteroatoms. The predicted octanol–water partition coefficient (Wildman–Crippen LogP) is 5.40. The highest BCUT2D eigenvalue weighted by Gasteiger charge is 2.29. The second-order valence-corrected chi connectivity index (χ2v) is 8.37. The Bertz CT molecular complexity index is 1100. The van der Waals surface area contributed by atoms with Gasteiger partial charge in [-0.2, -0.15) is 0 Å². The SMILES string of the molecule is CC[C@@H](NC(=O)c1ccc(OC)nc1)[C@H]1CC[C@H](c2ccnc3c(F)cc(F)cc32)CC1. The van der Waals surface area contributed by atoms with Gasteiger partial charge in [0.05, 0.1) is 12.7 Å². The van der Waals surface area contributed by atoms with E-state index in [0.29, 0.717) is 22.7 Å². The number of pyridine rings is 2. The summed E-state index contributed by atoms with van der Waals surface area (Å²) in [4.78, 5) is 20.9. The lowest BCUT2D eigenvalue weighted by atomic mass is 9.75. The molecule has 2 heterocycles. The summed E-state index contributed by atoms with van der Waals surface area (Å²) in [6.45, 7) is 2.07. The van der Waals surface area contributed by atoms with Gasteiger partial charge >= 0.3 is 0 Å². The van der Waals surface area contributed by atoms with Gasteiger partial charge in [0.15, 0.2) is 5.82 Å². The van der Waals surface area contributed by atoms with Crippen LogP contribution in [0.25, 0.3) is 10.9 Å². The van der Waals surface area contributed by atoms with Crippen molar-refractivity contribution in [3.63, 3.8) is 0 Å². The van der Waals surface area contributed by atoms with E-state index >= 15 is 0 Å². The van der Waals surface area contributed by atoms with Crippen LogP contribution >= 0.6 is 0 Å². The largest absolute Gasteiger partial charge is 0.481 e. The van der Waals surface area contributed by atoms with Crippen LogP contribution in [0.15, 0.2) is 42.7 Å². The van der Waals surface area contributed by atoms with Gasteiger partial charge in [-0.3, -0.25) is 9.78 Å². The first kappa shape index (κ1) is 22.1. The first-order chi connectivity index (χ1) is 15.5. The monoisotopic (exact) mass is 439 g/mol. The molecular formula is C25H27F2N3O2. The van der Waals surface area contributed by atoms with Crippen molar-refractivity contribution >= 4 is 16.8 Å². The number of nitrogens with zero attached hydrogens (tertiary/aromatic N) is 2. The highest BCUT2D eigenvalue weighted by Crippen LogP contribution is 2.40. The Balaban J connectivity index is 1.43. The summed E-state index contributed by atoms with van der Waals surface area (Å²) in [6.07, 6.45) is 7.63. The Morgan fingerprint density at radius 2 is 1.94 bits per heavy atom. The van der Waals surface area contributed by atoms with Gasteiger partial charge in [-0.25, -0.2) is 13.8 Å². The number of carbonyl (C=O) groups excluding carboxylic acids is 1. The first-order valence-electron chi connectivity index (χ1n) is 11.0. The summed E-state index contributed by atoms with van der Waals surface area (Å²) >= 11 is 0. The van der Waals surface area contributed by atoms with Crippen LogP contribution in [0.1, 0.15) is 60.9 Å². The van der Waals surface area contributed by atoms with Gasteiger partial charge in [0.25, 0.3) is 5.91 Å². The maximum atomic E-state index is 14.2. The van der Waals surface area contributed by atoms with E-state index < -0.39 is 11.6 Å². The summed E-state index contributed by atoms with van der Waals surface area (Å²) in [6, 6.07) is 7.58. The van der Waals surface area contributed by atoms with Crippen LogP contribution in [0.3, 0.4) is 0 Å². The number of methoxy groups -OCH3 is 1. The number of amides is 1. The summed E-state index contributed by atoms with van der Waals surface area (Å²) in [7, 11) is 1.54. The van der Waals surface area contributed by atoms with E-state index in [4.69, 9.17) is 4.74 Å². The van der Waals surface area contributed by atoms with Crippen LogP contribution in [-0.2, 0) is 0 Å². The smallest absolute Gasteiger partial charge is 0.253 e. The van der Waals surface area contributed by atoms with Crippen LogP contribution < -0.4 is 10.1 Å². The molecular weight excluding hydrogens is 412 g/mol. The van der Waals surface area contributed by atoms with Gasteiger partial charge in [-0.15, -0.1) is 0 Å². The second kappa shape index (κ2) is 9.59. The molecule has 1 fully saturated rings. The van der Waals surface area contributed by atoms with Crippen molar-refractivity contribution in [3.8, 4) is 5.88 Å². The molecule has 0 radical (unpaired) electrons. The fraction of sp³-hybridized carbons (Fsp3) is 0.400. The van der Waals surface area contributed by atoms with Gasteiger partial charge in [-0.1, -0.05) is 6.92 Å². The fourth-order valence-corrected chi connectivity index (χ4v) is 4.83. The van der Waals surface area contributed by atoms with E-state index in [1.165, 1.54) is 19.4 Å². The van der Waals surface area contributed by atoms with E-state index in [2.05, 4.69) is 22.2 Å². The maximum absolute atomic E-state index is 14.2. The third-order valence-electron chi connectivity index (χ3n) is 6.54. The molecule has 4 rings (SSSR count). The number of carbonyl (C=O) groups is 1. The molecule has 5 nitrogen and oxygen atoms in total. The van der Waals surface area contributed by atoms with E-state index in [-0.39, 0.29) is 23.4 Å². The van der Waals surface area contributed by atoms with Gasteiger partial charge in [0.1, 0.15) is 11.3 Å². The average molecular weight is 440 g/mol. The molecule has 0 spiro atoms. The molecule has 0 bridgehead atoms. The van der Waals surface area contributed by atoms with Crippen molar-refractivity contribution in [1.82, 2.24) is 15.3 Å². The van der Waals surface area contributed by atoms with Gasteiger partial charge < -0.3 is 10.1 Å². The standard InChI is InChI=1S/C25H27F2N3O2/c1-3-22(30-25(31)17-8-9-23(32-2)29-14-17)16-6-4-15(5-7-16)19-10-11-28-24-20(19)12-18(26)13-21(24)27/h8-16,22H,3-7H2,1-2H3,(H,30,31)/t15-,16-,22-/m1/s1. The maximum Gasteiger partial charge on any atom is 0.253 e. The Kier molecular flexibility index (Phi) is 6.63. The molecule has 1 amide bonds. The normalized spacial score (nSPS) is 19.5. The molecule has 32 heavy (non-hydrogen) atoms. The number of rotatable bonds is 6. The van der Waals surface area contributed by atoms with E-state index in [0.717, 1.165) is 43.7 Å². The number of nitrogens with one attached hydrogen (secondary N) is 1. The highest BCUT2D eigenvalue weighted by molar-refractivity contribution is 5.94. The van der Waals surface area contributed by atoms with Crippen molar-refractivity contribution in [2.75, 3.05) is 7.11 Å². The van der Waals surface area contributed by atoms with Gasteiger partial charge in [0, 0.05) is 36.0 Å². The predicted molar refractivity (Wildman–Crippen MR) is 119 cm³/mol. The molecule has 1 N–H and O–H groups in total. The van der Waals surface area contributed by atoms with Crippen LogP contribution in [0.4, 0.5) is 8.78 Å². The fourth-order valence-electron chi connectivity index (χ4n) is 4.83. The lowest BCUT2D eigenvalue weighted by Crippen LogP contribution is -2.41. The number of benzene rings is 1. The van der Waals surface area contributed by atoms with Crippen molar-refractivity contribution in [2.24, 2.45) is 5.92 Å². The Morgan fingerprint density at radius 1 is 1.16 bits per heavy atom. The minimum atomic E-state index is -0.627. The number of halogens is 2. The summed E-state index contributed by atoms with van der Waals surface area (Å²) < 4.78 is 33.0. The van der Waals surface area contributed by atoms with Gasteiger partial charge in [-0.05, 0) is 67.7 Å². The number of hydrogen-bond acceptors (Lipinski definition) is 4. The average Bonchev–Trinajstić information content (AvgIpc) is 2.82. The zero-order chi connectivity index (χ0) is 22.7. The number of hydrogen-bond donors (Lipinski definition) is 1. The molecule has 1 aliphatic rings. The molecule has 0 aliphatic heterocycles. The van der Waals surface area contributed by atoms with Crippen molar-refractivity contribution in [2.45, 2.75) is 51.0 Å². The summed E-state index contributed by atoms with van der Waals surface area (Å²) in [5.41, 5.74) is 1.68. The first-order valence-corrected chi connectivity index (χ1v) is 11.0. The zero-order valence-corrected chi connectivity index (χ0v) is 18.3. The third kappa shape index (κ3) is 4.56. The minimum absolute atomic E-state index is 0.0645. The summed E-state index contributed by atoms with van der Waals surface area (Å²) in [5, 5.41) is 3.72. The number of fused-ring (bicyclic) bond motifs is 1. The Labute approximate surface area is 186 Å². The topological polar surface area (TPSA) is 64.1 Å². The highest BCUT2D eigenvalue weighted by atomic mass is 19.1. The minimum Gasteiger partial charge on any atom is -0.481 e. The van der Waals surface area contributed by atoms with Crippen LogP contribution in [-0.4, -0.2) is 29.0 Å². The molecule has 1 aromatic carbocycles. The van der Waals surface area contributed by atoms with E-state index in [1.54, 1.807) is 18.3 Å². The van der Waals surface area contributed by atoms with Crippen molar-refractivity contribution in [3.05, 3.63) is 65.5 Å². The molecule has 0 unspecified atom stereocenters. The molecule has 1 aliphatic carbocycles. The molecule has 1 saturated carbocycles. The van der Waals surface area contributed by atoms with Crippen LogP contribution in [0.2, 0.25) is 0 Å². The molecule has 0 saturated heterocycles. The molecule has 1 atom stereocenters. The van der Waals surface area contributed by atoms with Gasteiger partial charge in [0.2, 0.25) is 5.88 Å². The van der Waals surface area contributed by atoms with Crippen LogP contribution in [0, 0.1) is 17.6 Å². The van der Waals surface area contributed by atoms with Crippen LogP contribution in [0.5, 0.6) is 5.88 Å². The molecule has 168 valence electrons. The van der Waals surface area contributed by atoms with E-state index in [9.17, 15) is 13.6 Å². The van der Waals surface area contributed by atoms with Crippen molar-refractivity contribution in [1.29, 1.82) is 0 Å². The van der Waals surface area contributed by atoms with E-state index in [1.807, 2.05) is 6.07 Å². The Hall–Kier alpha value is -3.09. The second-order valence-electron chi connectivity index (χ2n) is 8.37. The number of aromatic nitrogens is 2. The summed E-state index contributed by atoms with van der Waals surface area (Å²) in [5.74, 6) is -0.308. The molecule has 3 aromatic rings. The lowest BCUT2D eigenvalue weighted by molar-refractivity contribution is 0.0909. The Morgan fingerprint density at radius 3 is 2.59 bits per heavy atom. The zero-order valence-electron chi connectivity index (χ0n) is 18.3. The van der Waals surface area contributed by atoms with Crippen molar-refractivity contribution < 1.29 is 18.3 Å². The molecule has 2 aromatic heterocycles. The quantitative estimate of drug-likeness (QED) is 0.559. The lowest BCUT2D eigenvalue weighted by Gasteiger charge is -2.34. The number of ether oxygens (including phenoxy) is 1.